The van der Waals surface area contributed by atoms with Crippen molar-refractivity contribution >= 4 is 40.0 Å². The fourth-order valence-corrected chi connectivity index (χ4v) is 4.67. The topological polar surface area (TPSA) is 129 Å². The second-order valence-electron chi connectivity index (χ2n) is 9.48. The van der Waals surface area contributed by atoms with Crippen LogP contribution < -0.4 is 10.6 Å². The molecule has 6 rings (SSSR count). The van der Waals surface area contributed by atoms with Crippen LogP contribution in [0.4, 0.5) is 21.7 Å². The molecule has 3 N–H and O–H groups in total. The van der Waals surface area contributed by atoms with Gasteiger partial charge in [0.1, 0.15) is 23.6 Å². The molecule has 188 valence electrons. The van der Waals surface area contributed by atoms with Gasteiger partial charge in [-0.15, -0.1) is 0 Å². The van der Waals surface area contributed by atoms with E-state index in [-0.39, 0.29) is 28.9 Å². The summed E-state index contributed by atoms with van der Waals surface area (Å²) in [6.07, 6.45) is 7.68. The predicted molar refractivity (Wildman–Crippen MR) is 135 cm³/mol. The van der Waals surface area contributed by atoms with Crippen molar-refractivity contribution in [2.75, 3.05) is 23.7 Å². The third kappa shape index (κ3) is 4.59. The Labute approximate surface area is 211 Å². The molecule has 1 aliphatic carbocycles. The van der Waals surface area contributed by atoms with Gasteiger partial charge in [-0.3, -0.25) is 14.6 Å². The van der Waals surface area contributed by atoms with Crippen molar-refractivity contribution in [1.29, 1.82) is 0 Å². The zero-order chi connectivity index (χ0) is 25.5. The molecule has 11 heteroatoms. The Morgan fingerprint density at radius 3 is 2.65 bits per heavy atom. The van der Waals surface area contributed by atoms with Gasteiger partial charge in [0.25, 0.3) is 0 Å². The van der Waals surface area contributed by atoms with Crippen LogP contribution >= 0.6 is 0 Å². The minimum atomic E-state index is -0.883. The van der Waals surface area contributed by atoms with E-state index in [1.807, 2.05) is 12.1 Å². The van der Waals surface area contributed by atoms with Gasteiger partial charge in [-0.2, -0.15) is 4.39 Å². The third-order valence-electron chi connectivity index (χ3n) is 6.84. The Morgan fingerprint density at radius 2 is 1.95 bits per heavy atom. The number of fused-ring (bicyclic) bond motifs is 1. The number of rotatable bonds is 7. The molecule has 2 aliphatic rings. The lowest BCUT2D eigenvalue weighted by Crippen LogP contribution is -2.29. The van der Waals surface area contributed by atoms with Crippen molar-refractivity contribution < 1.29 is 14.0 Å². The SMILES string of the molecule is CC(=O)N1CCC(Nc2ncnc3[nH]cc(C(=O)c4ccc(Nc5ccc(C6CC6)nc5)nc4F)c23)C1. The summed E-state index contributed by atoms with van der Waals surface area (Å²) in [5.74, 6) is -0.121. The summed E-state index contributed by atoms with van der Waals surface area (Å²) in [7, 11) is 0. The number of nitrogens with zero attached hydrogens (tertiary/aromatic N) is 5. The average Bonchev–Trinajstić information content (AvgIpc) is 3.46. The summed E-state index contributed by atoms with van der Waals surface area (Å²) in [6, 6.07) is 6.81. The number of aromatic nitrogens is 5. The standard InChI is InChI=1S/C26H25FN8O2/c1-14(36)35-9-8-17(12-35)33-26-22-19(11-29-25(22)30-13-31-26)23(37)18-5-7-21(34-24(18)27)32-16-4-6-20(28-10-16)15-2-3-15/h4-7,10-11,13,15,17H,2-3,8-9,12H2,1H3,(H,32,34)(H2,29,30,31,33). The van der Waals surface area contributed by atoms with Gasteiger partial charge in [-0.25, -0.2) is 15.0 Å². The summed E-state index contributed by atoms with van der Waals surface area (Å²) in [6.45, 7) is 2.73. The molecule has 0 bridgehead atoms. The number of nitrogens with one attached hydrogen (secondary N) is 3. The highest BCUT2D eigenvalue weighted by Crippen LogP contribution is 2.39. The Kier molecular flexibility index (Phi) is 5.74. The number of hydrogen-bond acceptors (Lipinski definition) is 8. The lowest BCUT2D eigenvalue weighted by Gasteiger charge is -2.16. The number of pyridine rings is 2. The van der Waals surface area contributed by atoms with E-state index in [1.165, 1.54) is 31.4 Å². The number of aromatic amines is 1. The normalized spacial score (nSPS) is 17.2. The van der Waals surface area contributed by atoms with E-state index in [9.17, 15) is 9.59 Å². The number of hydrogen-bond donors (Lipinski definition) is 3. The molecular formula is C26H25FN8O2. The quantitative estimate of drug-likeness (QED) is 0.258. The van der Waals surface area contributed by atoms with Crippen LogP contribution in [0.15, 0.2) is 43.0 Å². The van der Waals surface area contributed by atoms with Crippen molar-refractivity contribution in [2.45, 2.75) is 38.1 Å². The van der Waals surface area contributed by atoms with E-state index in [0.717, 1.165) is 12.1 Å². The van der Waals surface area contributed by atoms with Gasteiger partial charge in [-0.1, -0.05) is 0 Å². The highest BCUT2D eigenvalue weighted by atomic mass is 19.1. The molecule has 10 nitrogen and oxygen atoms in total. The first kappa shape index (κ1) is 23.0. The maximum atomic E-state index is 15.0. The highest BCUT2D eigenvalue weighted by molar-refractivity contribution is 6.18. The lowest BCUT2D eigenvalue weighted by molar-refractivity contribution is -0.127. The second kappa shape index (κ2) is 9.23. The molecule has 1 aliphatic heterocycles. The largest absolute Gasteiger partial charge is 0.365 e. The molecule has 4 aromatic heterocycles. The van der Waals surface area contributed by atoms with Crippen LogP contribution in [0, 0.1) is 5.95 Å². The van der Waals surface area contributed by atoms with Gasteiger partial charge >= 0.3 is 0 Å². The number of carbonyl (C=O) groups is 2. The molecule has 0 aromatic carbocycles. The lowest BCUT2D eigenvalue weighted by atomic mass is 10.0. The molecule has 0 radical (unpaired) electrons. The first-order valence-electron chi connectivity index (χ1n) is 12.2. The van der Waals surface area contributed by atoms with Gasteiger partial charge in [0.2, 0.25) is 11.9 Å². The summed E-state index contributed by atoms with van der Waals surface area (Å²) < 4.78 is 15.0. The molecule has 1 saturated heterocycles. The van der Waals surface area contributed by atoms with Crippen LogP contribution in [0.3, 0.4) is 0 Å². The molecule has 1 atom stereocenters. The molecule has 37 heavy (non-hydrogen) atoms. The van der Waals surface area contributed by atoms with Crippen molar-refractivity contribution in [2.24, 2.45) is 0 Å². The zero-order valence-corrected chi connectivity index (χ0v) is 20.2. The minimum Gasteiger partial charge on any atom is -0.365 e. The minimum absolute atomic E-state index is 0.0158. The van der Waals surface area contributed by atoms with Gasteiger partial charge < -0.3 is 20.5 Å². The Bertz CT molecular complexity index is 1500. The summed E-state index contributed by atoms with van der Waals surface area (Å²) >= 11 is 0. The smallest absolute Gasteiger partial charge is 0.226 e. The number of ketones is 1. The molecule has 1 amide bonds. The fourth-order valence-electron chi connectivity index (χ4n) is 4.67. The predicted octanol–water partition coefficient (Wildman–Crippen LogP) is 3.77. The average molecular weight is 501 g/mol. The summed E-state index contributed by atoms with van der Waals surface area (Å²) in [5, 5.41) is 6.83. The van der Waals surface area contributed by atoms with Gasteiger partial charge in [0.15, 0.2) is 5.78 Å². The number of likely N-dealkylation sites (tertiary alicyclic amines) is 1. The first-order chi connectivity index (χ1) is 18.0. The van der Waals surface area contributed by atoms with Crippen molar-refractivity contribution in [3.8, 4) is 0 Å². The van der Waals surface area contributed by atoms with E-state index >= 15 is 4.39 Å². The molecule has 1 unspecified atom stereocenters. The number of amides is 1. The molecule has 1 saturated carbocycles. The van der Waals surface area contributed by atoms with Crippen LogP contribution in [0.2, 0.25) is 0 Å². The second-order valence-corrected chi connectivity index (χ2v) is 9.48. The van der Waals surface area contributed by atoms with E-state index in [2.05, 4.69) is 35.6 Å². The molecule has 0 spiro atoms. The number of carbonyl (C=O) groups excluding carboxylic acids is 2. The van der Waals surface area contributed by atoms with Crippen LogP contribution in [0.25, 0.3) is 11.0 Å². The number of H-pyrrole nitrogens is 1. The molecule has 5 heterocycles. The fraction of sp³-hybridized carbons (Fsp3) is 0.308. The van der Waals surface area contributed by atoms with E-state index in [1.54, 1.807) is 24.1 Å². The van der Waals surface area contributed by atoms with E-state index in [0.29, 0.717) is 41.5 Å². The van der Waals surface area contributed by atoms with Crippen LogP contribution in [0.1, 0.15) is 53.7 Å². The van der Waals surface area contributed by atoms with Gasteiger partial charge in [-0.05, 0) is 43.5 Å². The summed E-state index contributed by atoms with van der Waals surface area (Å²) in [4.78, 5) is 46.7. The van der Waals surface area contributed by atoms with E-state index < -0.39 is 11.7 Å². The third-order valence-corrected chi connectivity index (χ3v) is 6.84. The van der Waals surface area contributed by atoms with Crippen LogP contribution in [0.5, 0.6) is 0 Å². The number of halogens is 1. The molecule has 4 aromatic rings. The number of anilines is 3. The van der Waals surface area contributed by atoms with Crippen molar-refractivity contribution in [3.63, 3.8) is 0 Å². The van der Waals surface area contributed by atoms with Crippen molar-refractivity contribution in [1.82, 2.24) is 29.8 Å². The maximum Gasteiger partial charge on any atom is 0.226 e. The zero-order valence-electron chi connectivity index (χ0n) is 20.2. The Hall–Kier alpha value is -4.41. The van der Waals surface area contributed by atoms with E-state index in [4.69, 9.17) is 0 Å². The maximum absolute atomic E-state index is 15.0. The Morgan fingerprint density at radius 1 is 1.08 bits per heavy atom. The monoisotopic (exact) mass is 500 g/mol. The highest BCUT2D eigenvalue weighted by Gasteiger charge is 2.27. The van der Waals surface area contributed by atoms with Crippen LogP contribution in [-0.4, -0.2) is 60.6 Å². The van der Waals surface area contributed by atoms with Gasteiger partial charge in [0, 0.05) is 43.9 Å². The molecule has 2 fully saturated rings. The van der Waals surface area contributed by atoms with Crippen molar-refractivity contribution in [3.05, 3.63) is 65.8 Å². The van der Waals surface area contributed by atoms with Gasteiger partial charge in [0.05, 0.1) is 28.4 Å². The Balaban J connectivity index is 1.23. The summed E-state index contributed by atoms with van der Waals surface area (Å²) in [5.41, 5.74) is 2.28. The van der Waals surface area contributed by atoms with Crippen LogP contribution in [-0.2, 0) is 4.79 Å². The molecular weight excluding hydrogens is 475 g/mol. The first-order valence-corrected chi connectivity index (χ1v) is 12.2.